The molecule has 0 spiro atoms. The minimum Gasteiger partial charge on any atom is -0.495 e. The average molecular weight is 588 g/mol. The Hall–Kier alpha value is -4.50. The molecule has 0 radical (unpaired) electrons. The molecule has 4 aromatic rings. The number of carboxylic acids is 1. The Balaban J connectivity index is 1.56. The van der Waals surface area contributed by atoms with Gasteiger partial charge in [0.05, 0.1) is 30.6 Å². The first-order valence-electron chi connectivity index (χ1n) is 13.7. The predicted octanol–water partition coefficient (Wildman–Crippen LogP) is 5.60. The predicted molar refractivity (Wildman–Crippen MR) is 158 cm³/mol. The molecular weight excluding hydrogens is 558 g/mol. The van der Waals surface area contributed by atoms with Crippen LogP contribution in [-0.4, -0.2) is 44.1 Å². The number of hydrogen-bond donors (Lipinski definition) is 1. The van der Waals surface area contributed by atoms with Crippen LogP contribution in [0.5, 0.6) is 5.75 Å². The van der Waals surface area contributed by atoms with Gasteiger partial charge in [-0.2, -0.15) is 5.10 Å². The van der Waals surface area contributed by atoms with Gasteiger partial charge in [0.2, 0.25) is 0 Å². The number of Topliss-reactive ketones (excluding diaryl/α,β-unsaturated/α-hetero) is 2. The lowest BCUT2D eigenvalue weighted by molar-refractivity contribution is -0.121. The maximum absolute atomic E-state index is 13.8. The molecule has 1 aliphatic carbocycles. The number of benzene rings is 2. The van der Waals surface area contributed by atoms with E-state index in [0.717, 1.165) is 12.8 Å². The first kappa shape index (κ1) is 29.0. The second kappa shape index (κ2) is 12.2. The number of ketones is 2. The molecule has 0 aliphatic heterocycles. The van der Waals surface area contributed by atoms with Crippen LogP contribution in [0.3, 0.4) is 0 Å². The molecule has 5 rings (SSSR count). The number of methoxy groups -OCH3 is 1. The lowest BCUT2D eigenvalue weighted by atomic mass is 9.95. The topological polar surface area (TPSA) is 120 Å². The zero-order valence-corrected chi connectivity index (χ0v) is 24.0. The van der Waals surface area contributed by atoms with E-state index in [0.29, 0.717) is 44.8 Å². The smallest absolute Gasteiger partial charge is 0.335 e. The van der Waals surface area contributed by atoms with Crippen molar-refractivity contribution in [3.8, 4) is 16.9 Å². The van der Waals surface area contributed by atoms with Gasteiger partial charge in [0.15, 0.2) is 11.6 Å². The maximum atomic E-state index is 13.8. The summed E-state index contributed by atoms with van der Waals surface area (Å²) in [7, 11) is 1.46. The Morgan fingerprint density at radius 1 is 1.07 bits per heavy atom. The first-order chi connectivity index (χ1) is 20.2. The standard InChI is InChI=1S/C32H30ClN3O6/c1-3-28(37)24-11-8-21(33)15-25(24)26-17-31(39)35(18-30(26)42-2)27(16-22-12-13-36(34-22)23-9-10-23)29(38)14-19-4-6-20(7-5-19)32(40)41/h4-8,11-13,15,17-18,23,27H,3,9-10,14,16H2,1-2H3,(H,40,41)/t27-/m0/s1. The van der Waals surface area contributed by atoms with E-state index in [4.69, 9.17) is 16.3 Å². The van der Waals surface area contributed by atoms with Gasteiger partial charge in [-0.1, -0.05) is 30.7 Å². The van der Waals surface area contributed by atoms with Gasteiger partial charge < -0.3 is 14.4 Å². The van der Waals surface area contributed by atoms with Gasteiger partial charge in [-0.05, 0) is 60.4 Å². The normalized spacial score (nSPS) is 13.5. The molecule has 0 saturated heterocycles. The summed E-state index contributed by atoms with van der Waals surface area (Å²) in [5, 5.41) is 14.3. The van der Waals surface area contributed by atoms with Crippen molar-refractivity contribution in [3.63, 3.8) is 0 Å². The number of rotatable bonds is 12. The van der Waals surface area contributed by atoms with Crippen molar-refractivity contribution in [3.05, 3.63) is 105 Å². The molecule has 9 nitrogen and oxygen atoms in total. The van der Waals surface area contributed by atoms with Crippen molar-refractivity contribution in [2.24, 2.45) is 0 Å². The molecule has 1 atom stereocenters. The summed E-state index contributed by atoms with van der Waals surface area (Å²) < 4.78 is 8.91. The molecule has 1 fully saturated rings. The third-order valence-electron chi connectivity index (χ3n) is 7.43. The molecule has 1 N–H and O–H groups in total. The SMILES string of the molecule is CCC(=O)c1ccc(Cl)cc1-c1cc(=O)n([C@@H](Cc2ccn(C3CC3)n2)C(=O)Cc2ccc(C(=O)O)cc2)cc1OC. The molecule has 1 saturated carbocycles. The zero-order chi connectivity index (χ0) is 30.0. The van der Waals surface area contributed by atoms with Crippen LogP contribution in [0.25, 0.3) is 11.1 Å². The Morgan fingerprint density at radius 3 is 2.45 bits per heavy atom. The fourth-order valence-corrected chi connectivity index (χ4v) is 5.17. The van der Waals surface area contributed by atoms with Crippen LogP contribution in [-0.2, 0) is 17.6 Å². The minimum absolute atomic E-state index is 0.0200. The summed E-state index contributed by atoms with van der Waals surface area (Å²) in [6, 6.07) is 13.6. The van der Waals surface area contributed by atoms with Gasteiger partial charge in [-0.25, -0.2) is 4.79 Å². The summed E-state index contributed by atoms with van der Waals surface area (Å²) >= 11 is 6.27. The molecule has 42 heavy (non-hydrogen) atoms. The number of ether oxygens (including phenoxy) is 1. The van der Waals surface area contributed by atoms with Crippen LogP contribution < -0.4 is 10.3 Å². The van der Waals surface area contributed by atoms with E-state index in [1.807, 2.05) is 16.9 Å². The fraction of sp³-hybridized carbons (Fsp3) is 0.281. The van der Waals surface area contributed by atoms with Gasteiger partial charge in [-0.3, -0.25) is 19.1 Å². The number of hydrogen-bond acceptors (Lipinski definition) is 6. The Labute approximate surface area is 247 Å². The van der Waals surface area contributed by atoms with Gasteiger partial charge in [-0.15, -0.1) is 0 Å². The van der Waals surface area contributed by atoms with E-state index < -0.39 is 17.6 Å². The highest BCUT2D eigenvalue weighted by Crippen LogP contribution is 2.36. The second-order valence-electron chi connectivity index (χ2n) is 10.4. The molecule has 1 aliphatic rings. The third kappa shape index (κ3) is 6.21. The van der Waals surface area contributed by atoms with Crippen molar-refractivity contribution >= 4 is 29.1 Å². The van der Waals surface area contributed by atoms with Gasteiger partial charge >= 0.3 is 5.97 Å². The van der Waals surface area contributed by atoms with Crippen LogP contribution in [0.1, 0.15) is 70.2 Å². The quantitative estimate of drug-likeness (QED) is 0.214. The second-order valence-corrected chi connectivity index (χ2v) is 10.8. The first-order valence-corrected chi connectivity index (χ1v) is 14.1. The van der Waals surface area contributed by atoms with Crippen LogP contribution in [0.15, 0.2) is 71.8 Å². The van der Waals surface area contributed by atoms with Crippen LogP contribution in [0, 0.1) is 0 Å². The Bertz CT molecular complexity index is 1720. The van der Waals surface area contributed by atoms with Gasteiger partial charge in [0.25, 0.3) is 5.56 Å². The molecular formula is C32H30ClN3O6. The average Bonchev–Trinajstić information content (AvgIpc) is 3.73. The number of carboxylic acid groups (broad SMARTS) is 1. The largest absolute Gasteiger partial charge is 0.495 e. The molecule has 0 amide bonds. The van der Waals surface area contributed by atoms with Crippen molar-refractivity contribution in [2.45, 2.75) is 51.1 Å². The summed E-state index contributed by atoms with van der Waals surface area (Å²) in [4.78, 5) is 51.5. The molecule has 216 valence electrons. The number of carbonyl (C=O) groups is 3. The molecule has 2 aromatic carbocycles. The van der Waals surface area contributed by atoms with E-state index in [2.05, 4.69) is 5.10 Å². The van der Waals surface area contributed by atoms with Crippen molar-refractivity contribution in [1.29, 1.82) is 0 Å². The van der Waals surface area contributed by atoms with Gasteiger partial charge in [0, 0.05) is 47.7 Å². The number of halogens is 1. The van der Waals surface area contributed by atoms with E-state index in [9.17, 15) is 24.3 Å². The minimum atomic E-state index is -1.06. The number of aromatic nitrogens is 3. The number of pyridine rings is 1. The summed E-state index contributed by atoms with van der Waals surface area (Å²) in [5.74, 6) is -1.12. The Kier molecular flexibility index (Phi) is 8.40. The highest BCUT2D eigenvalue weighted by molar-refractivity contribution is 6.31. The van der Waals surface area contributed by atoms with Crippen LogP contribution >= 0.6 is 11.6 Å². The molecule has 2 aromatic heterocycles. The monoisotopic (exact) mass is 587 g/mol. The summed E-state index contributed by atoms with van der Waals surface area (Å²) in [6.07, 6.45) is 5.91. The Morgan fingerprint density at radius 2 is 1.81 bits per heavy atom. The van der Waals surface area contributed by atoms with Crippen molar-refractivity contribution < 1.29 is 24.2 Å². The highest BCUT2D eigenvalue weighted by atomic mass is 35.5. The van der Waals surface area contributed by atoms with Crippen molar-refractivity contribution in [2.75, 3.05) is 7.11 Å². The lowest BCUT2D eigenvalue weighted by Gasteiger charge is -2.21. The molecule has 10 heteroatoms. The van der Waals surface area contributed by atoms with E-state index in [-0.39, 0.29) is 36.4 Å². The lowest BCUT2D eigenvalue weighted by Crippen LogP contribution is -2.32. The van der Waals surface area contributed by atoms with Crippen LogP contribution in [0.2, 0.25) is 5.02 Å². The summed E-state index contributed by atoms with van der Waals surface area (Å²) in [5.41, 5.74) is 2.24. The highest BCUT2D eigenvalue weighted by Gasteiger charge is 2.28. The fourth-order valence-electron chi connectivity index (χ4n) is 5.00. The number of carbonyl (C=O) groups excluding carboxylic acids is 2. The van der Waals surface area contributed by atoms with Crippen LogP contribution in [0.4, 0.5) is 0 Å². The van der Waals surface area contributed by atoms with E-state index in [1.165, 1.54) is 36.1 Å². The molecule has 2 heterocycles. The number of aromatic carboxylic acids is 1. The van der Waals surface area contributed by atoms with Gasteiger partial charge in [0.1, 0.15) is 11.8 Å². The van der Waals surface area contributed by atoms with E-state index >= 15 is 0 Å². The maximum Gasteiger partial charge on any atom is 0.335 e. The zero-order valence-electron chi connectivity index (χ0n) is 23.2. The number of nitrogens with zero attached hydrogens (tertiary/aromatic N) is 3. The van der Waals surface area contributed by atoms with E-state index in [1.54, 1.807) is 37.3 Å². The molecule has 0 unspecified atom stereocenters. The molecule has 0 bridgehead atoms. The van der Waals surface area contributed by atoms with Crippen molar-refractivity contribution in [1.82, 2.24) is 14.3 Å². The third-order valence-corrected chi connectivity index (χ3v) is 7.67. The summed E-state index contributed by atoms with van der Waals surface area (Å²) in [6.45, 7) is 1.76.